The van der Waals surface area contributed by atoms with Gasteiger partial charge in [0.1, 0.15) is 5.75 Å². The molecular weight excluding hydrogens is 477 g/mol. The number of piperidine rings is 1. The summed E-state index contributed by atoms with van der Waals surface area (Å²) in [4.78, 5) is 9.69. The van der Waals surface area contributed by atoms with Crippen LogP contribution in [0.2, 0.25) is 0 Å². The largest absolute Gasteiger partial charge is 0.497 e. The molecule has 29 heavy (non-hydrogen) atoms. The molecule has 0 radical (unpaired) electrons. The van der Waals surface area contributed by atoms with E-state index >= 15 is 0 Å². The first kappa shape index (κ1) is 26.0. The summed E-state index contributed by atoms with van der Waals surface area (Å²) in [6.07, 6.45) is 3.59. The zero-order chi connectivity index (χ0) is 20.4. The third-order valence-electron chi connectivity index (χ3n) is 5.34. The second-order valence-electron chi connectivity index (χ2n) is 7.74. The summed E-state index contributed by atoms with van der Waals surface area (Å²) in [6.45, 7) is 9.50. The molecule has 0 spiro atoms. The summed E-state index contributed by atoms with van der Waals surface area (Å²) in [7, 11) is 5.91. The van der Waals surface area contributed by atoms with Crippen LogP contribution in [-0.4, -0.2) is 75.7 Å². The fourth-order valence-electron chi connectivity index (χ4n) is 3.72. The van der Waals surface area contributed by atoms with E-state index in [2.05, 4.69) is 60.5 Å². The number of likely N-dealkylation sites (tertiary alicyclic amines) is 1. The van der Waals surface area contributed by atoms with Gasteiger partial charge in [-0.15, -0.1) is 24.0 Å². The number of likely N-dealkylation sites (N-methyl/N-ethyl adjacent to an activating group) is 1. The molecule has 7 heteroatoms. The lowest BCUT2D eigenvalue weighted by molar-refractivity contribution is 0.206. The van der Waals surface area contributed by atoms with Gasteiger partial charge in [0.2, 0.25) is 0 Å². The Hall–Kier alpha value is -1.06. The number of ether oxygens (including phenoxy) is 1. The second-order valence-corrected chi connectivity index (χ2v) is 7.74. The Morgan fingerprint density at radius 3 is 2.59 bits per heavy atom. The molecule has 2 N–H and O–H groups in total. The van der Waals surface area contributed by atoms with Crippen molar-refractivity contribution in [2.24, 2.45) is 4.99 Å². The number of halogens is 1. The van der Waals surface area contributed by atoms with E-state index in [4.69, 9.17) is 9.73 Å². The predicted molar refractivity (Wildman–Crippen MR) is 134 cm³/mol. The smallest absolute Gasteiger partial charge is 0.191 e. The van der Waals surface area contributed by atoms with Crippen molar-refractivity contribution in [1.29, 1.82) is 0 Å². The molecule has 2 rings (SSSR count). The highest BCUT2D eigenvalue weighted by atomic mass is 127. The molecule has 0 amide bonds. The van der Waals surface area contributed by atoms with Crippen LogP contribution < -0.4 is 15.4 Å². The van der Waals surface area contributed by atoms with Crippen LogP contribution in [0.15, 0.2) is 29.3 Å². The van der Waals surface area contributed by atoms with Crippen LogP contribution in [0.3, 0.4) is 0 Å². The van der Waals surface area contributed by atoms with Gasteiger partial charge in [-0.2, -0.15) is 0 Å². The van der Waals surface area contributed by atoms with Crippen LogP contribution >= 0.6 is 24.0 Å². The highest BCUT2D eigenvalue weighted by Crippen LogP contribution is 2.23. The Bertz CT molecular complexity index is 603. The summed E-state index contributed by atoms with van der Waals surface area (Å²) in [5, 5.41) is 7.07. The van der Waals surface area contributed by atoms with Crippen LogP contribution in [0.25, 0.3) is 0 Å². The normalized spacial score (nSPS) is 17.0. The third kappa shape index (κ3) is 8.68. The monoisotopic (exact) mass is 517 g/mol. The van der Waals surface area contributed by atoms with E-state index in [1.807, 2.05) is 12.1 Å². The minimum Gasteiger partial charge on any atom is -0.497 e. The van der Waals surface area contributed by atoms with Gasteiger partial charge >= 0.3 is 0 Å². The minimum atomic E-state index is 0. The van der Waals surface area contributed by atoms with Gasteiger partial charge in [0.15, 0.2) is 5.96 Å². The van der Waals surface area contributed by atoms with E-state index in [9.17, 15) is 0 Å². The zero-order valence-electron chi connectivity index (χ0n) is 18.8. The summed E-state index contributed by atoms with van der Waals surface area (Å²) in [5.74, 6) is 1.81. The maximum absolute atomic E-state index is 5.39. The number of nitrogens with zero attached hydrogens (tertiary/aromatic N) is 3. The number of hydrogen-bond donors (Lipinski definition) is 2. The van der Waals surface area contributed by atoms with E-state index in [-0.39, 0.29) is 30.0 Å². The highest BCUT2D eigenvalue weighted by molar-refractivity contribution is 14.0. The van der Waals surface area contributed by atoms with Crippen LogP contribution in [0.1, 0.15) is 44.7 Å². The highest BCUT2D eigenvalue weighted by Gasteiger charge is 2.20. The maximum Gasteiger partial charge on any atom is 0.191 e. The summed E-state index contributed by atoms with van der Waals surface area (Å²) in [5.41, 5.74) is 1.22. The molecule has 166 valence electrons. The van der Waals surface area contributed by atoms with Gasteiger partial charge < -0.3 is 25.2 Å². The summed E-state index contributed by atoms with van der Waals surface area (Å²) < 4.78 is 5.39. The van der Waals surface area contributed by atoms with Gasteiger partial charge in [-0.1, -0.05) is 19.1 Å². The molecule has 1 aliphatic heterocycles. The quantitative estimate of drug-likeness (QED) is 0.299. The second kappa shape index (κ2) is 14.0. The van der Waals surface area contributed by atoms with Gasteiger partial charge in [-0.05, 0) is 64.5 Å². The molecule has 1 aromatic carbocycles. The van der Waals surface area contributed by atoms with Gasteiger partial charge in [-0.3, -0.25) is 4.99 Å². The number of methoxy groups -OCH3 is 1. The van der Waals surface area contributed by atoms with Crippen molar-refractivity contribution in [1.82, 2.24) is 20.4 Å². The van der Waals surface area contributed by atoms with Crippen molar-refractivity contribution in [3.05, 3.63) is 29.8 Å². The van der Waals surface area contributed by atoms with Crippen LogP contribution in [0.5, 0.6) is 5.75 Å². The number of rotatable bonds is 9. The standard InChI is InChI=1S/C22H39N5O.HI/c1-6-13-27-14-11-19(12-15-27)25-22(23-7-2)24-17-21(26(3)4)18-9-8-10-20(16-18)28-5;/h8-10,16,19,21H,6-7,11-15,17H2,1-5H3,(H2,23,24,25);1H. The Balaban J connectivity index is 0.00000420. The lowest BCUT2D eigenvalue weighted by atomic mass is 10.0. The van der Waals surface area contributed by atoms with E-state index in [1.54, 1.807) is 7.11 Å². The average molecular weight is 518 g/mol. The van der Waals surface area contributed by atoms with Gasteiger partial charge in [0.05, 0.1) is 19.7 Å². The van der Waals surface area contributed by atoms with Crippen molar-refractivity contribution < 1.29 is 4.74 Å². The molecule has 1 unspecified atom stereocenters. The zero-order valence-corrected chi connectivity index (χ0v) is 21.1. The van der Waals surface area contributed by atoms with E-state index in [0.29, 0.717) is 12.6 Å². The topological polar surface area (TPSA) is 52.1 Å². The molecule has 1 atom stereocenters. The maximum atomic E-state index is 5.39. The minimum absolute atomic E-state index is 0. The molecule has 0 aromatic heterocycles. The Kier molecular flexibility index (Phi) is 12.6. The molecule has 1 aliphatic rings. The Morgan fingerprint density at radius 1 is 1.28 bits per heavy atom. The van der Waals surface area contributed by atoms with Crippen LogP contribution in [-0.2, 0) is 0 Å². The molecule has 0 saturated carbocycles. The third-order valence-corrected chi connectivity index (χ3v) is 5.34. The number of nitrogens with one attached hydrogen (secondary N) is 2. The SMILES string of the molecule is CCCN1CCC(NC(=NCC(c2cccc(OC)c2)N(C)C)NCC)CC1.I. The lowest BCUT2D eigenvalue weighted by Crippen LogP contribution is -2.49. The van der Waals surface area contributed by atoms with E-state index < -0.39 is 0 Å². The molecule has 1 fully saturated rings. The van der Waals surface area contributed by atoms with Crippen LogP contribution in [0.4, 0.5) is 0 Å². The summed E-state index contributed by atoms with van der Waals surface area (Å²) >= 11 is 0. The molecule has 6 nitrogen and oxygen atoms in total. The first-order valence-electron chi connectivity index (χ1n) is 10.6. The predicted octanol–water partition coefficient (Wildman–Crippen LogP) is 3.35. The molecule has 1 saturated heterocycles. The number of benzene rings is 1. The van der Waals surface area contributed by atoms with Crippen molar-refractivity contribution in [3.63, 3.8) is 0 Å². The summed E-state index contributed by atoms with van der Waals surface area (Å²) in [6, 6.07) is 8.98. The number of aliphatic imine (C=N–C) groups is 1. The number of guanidine groups is 1. The van der Waals surface area contributed by atoms with Crippen molar-refractivity contribution in [2.45, 2.75) is 45.2 Å². The fraction of sp³-hybridized carbons (Fsp3) is 0.682. The average Bonchev–Trinajstić information content (AvgIpc) is 2.70. The van der Waals surface area contributed by atoms with Gasteiger partial charge in [0, 0.05) is 25.7 Å². The first-order chi connectivity index (χ1) is 13.6. The van der Waals surface area contributed by atoms with Crippen molar-refractivity contribution in [3.8, 4) is 5.75 Å². The Morgan fingerprint density at radius 2 is 2.00 bits per heavy atom. The van der Waals surface area contributed by atoms with Gasteiger partial charge in [0.25, 0.3) is 0 Å². The van der Waals surface area contributed by atoms with Crippen LogP contribution in [0, 0.1) is 0 Å². The molecule has 1 heterocycles. The lowest BCUT2D eigenvalue weighted by Gasteiger charge is -2.33. The van der Waals surface area contributed by atoms with E-state index in [0.717, 1.165) is 18.3 Å². The fourth-order valence-corrected chi connectivity index (χ4v) is 3.72. The number of hydrogen-bond acceptors (Lipinski definition) is 4. The van der Waals surface area contributed by atoms with Crippen molar-refractivity contribution in [2.75, 3.05) is 53.9 Å². The molecule has 0 bridgehead atoms. The molecule has 0 aliphatic carbocycles. The van der Waals surface area contributed by atoms with Crippen molar-refractivity contribution >= 4 is 29.9 Å². The van der Waals surface area contributed by atoms with E-state index in [1.165, 1.54) is 44.5 Å². The first-order valence-corrected chi connectivity index (χ1v) is 10.6. The Labute approximate surface area is 194 Å². The molecule has 1 aromatic rings. The van der Waals surface area contributed by atoms with Gasteiger partial charge in [-0.25, -0.2) is 0 Å². The molecular formula is C22H40IN5O.